The molecule has 0 aliphatic carbocycles. The summed E-state index contributed by atoms with van der Waals surface area (Å²) in [6, 6.07) is 3.04. The van der Waals surface area contributed by atoms with Crippen molar-refractivity contribution < 1.29 is 13.2 Å². The second-order valence-electron chi connectivity index (χ2n) is 5.48. The normalized spacial score (nSPS) is 16.3. The monoisotopic (exact) mass is 350 g/mol. The van der Waals surface area contributed by atoms with Crippen LogP contribution < -0.4 is 10.6 Å². The summed E-state index contributed by atoms with van der Waals surface area (Å²) >= 11 is 0. The summed E-state index contributed by atoms with van der Waals surface area (Å²) < 4.78 is 28.3. The Kier molecular flexibility index (Phi) is 4.24. The molecular weight excluding hydrogens is 332 g/mol. The Hall–Kier alpha value is -2.46. The zero-order valence-electron chi connectivity index (χ0n) is 13.2. The Labute approximate surface area is 139 Å². The van der Waals surface area contributed by atoms with E-state index in [1.807, 2.05) is 4.90 Å². The van der Waals surface area contributed by atoms with Gasteiger partial charge in [0.2, 0.25) is 16.0 Å². The molecule has 1 fully saturated rings. The Bertz CT molecular complexity index is 841. The van der Waals surface area contributed by atoms with Crippen LogP contribution in [0.2, 0.25) is 0 Å². The Morgan fingerprint density at radius 2 is 1.79 bits per heavy atom. The summed E-state index contributed by atoms with van der Waals surface area (Å²) in [5, 5.41) is 0. The number of sulfonamides is 1. The van der Waals surface area contributed by atoms with Crippen LogP contribution in [0.25, 0.3) is 0 Å². The molecule has 0 aromatic carbocycles. The van der Waals surface area contributed by atoms with Crippen LogP contribution in [-0.4, -0.2) is 59.3 Å². The van der Waals surface area contributed by atoms with Gasteiger partial charge in [-0.2, -0.15) is 4.31 Å². The molecular formula is C14H18N6O3S. The first kappa shape index (κ1) is 16.4. The van der Waals surface area contributed by atoms with Crippen LogP contribution in [0.3, 0.4) is 0 Å². The maximum absolute atomic E-state index is 12.7. The van der Waals surface area contributed by atoms with Crippen molar-refractivity contribution in [2.45, 2.75) is 4.90 Å². The Morgan fingerprint density at radius 1 is 1.17 bits per heavy atom. The minimum Gasteiger partial charge on any atom is -0.364 e. The van der Waals surface area contributed by atoms with Gasteiger partial charge in [0, 0.05) is 51.8 Å². The quantitative estimate of drug-likeness (QED) is 0.789. The van der Waals surface area contributed by atoms with E-state index >= 15 is 0 Å². The van der Waals surface area contributed by atoms with E-state index in [1.165, 1.54) is 21.1 Å². The lowest BCUT2D eigenvalue weighted by Crippen LogP contribution is -2.49. The minimum atomic E-state index is -3.67. The van der Waals surface area contributed by atoms with E-state index in [0.29, 0.717) is 32.1 Å². The molecule has 0 saturated carbocycles. The smallest absolute Gasteiger partial charge is 0.265 e. The maximum Gasteiger partial charge on any atom is 0.265 e. The minimum absolute atomic E-state index is 0.0724. The van der Waals surface area contributed by atoms with Crippen molar-refractivity contribution in [2.24, 2.45) is 12.8 Å². The van der Waals surface area contributed by atoms with Gasteiger partial charge in [-0.3, -0.25) is 4.79 Å². The van der Waals surface area contributed by atoms with Gasteiger partial charge in [0.15, 0.2) is 0 Å². The Balaban J connectivity index is 1.75. The van der Waals surface area contributed by atoms with Crippen molar-refractivity contribution in [1.29, 1.82) is 0 Å². The second-order valence-corrected chi connectivity index (χ2v) is 7.41. The molecule has 1 saturated heterocycles. The van der Waals surface area contributed by atoms with Crippen molar-refractivity contribution in [2.75, 3.05) is 31.1 Å². The summed E-state index contributed by atoms with van der Waals surface area (Å²) in [5.41, 5.74) is 5.40. The van der Waals surface area contributed by atoms with Crippen LogP contribution >= 0.6 is 0 Å². The molecule has 24 heavy (non-hydrogen) atoms. The van der Waals surface area contributed by atoms with E-state index < -0.39 is 15.9 Å². The second kappa shape index (κ2) is 6.21. The molecule has 0 bridgehead atoms. The number of aryl methyl sites for hydroxylation is 1. The van der Waals surface area contributed by atoms with E-state index in [2.05, 4.69) is 9.97 Å². The number of piperazine rings is 1. The van der Waals surface area contributed by atoms with E-state index in [0.717, 1.165) is 0 Å². The lowest BCUT2D eigenvalue weighted by atomic mass is 10.4. The third-order valence-electron chi connectivity index (χ3n) is 3.94. The zero-order chi connectivity index (χ0) is 17.3. The van der Waals surface area contributed by atoms with E-state index in [9.17, 15) is 13.2 Å². The van der Waals surface area contributed by atoms with Crippen molar-refractivity contribution in [3.63, 3.8) is 0 Å². The summed E-state index contributed by atoms with van der Waals surface area (Å²) in [5.74, 6) is -0.0738. The molecule has 0 radical (unpaired) electrons. The lowest BCUT2D eigenvalue weighted by Gasteiger charge is -2.33. The lowest BCUT2D eigenvalue weighted by molar-refractivity contribution is 0.0992. The third kappa shape index (κ3) is 2.97. The number of hydrogen-bond acceptors (Lipinski definition) is 6. The molecule has 2 N–H and O–H groups in total. The van der Waals surface area contributed by atoms with E-state index in [1.54, 1.807) is 25.5 Å². The van der Waals surface area contributed by atoms with Gasteiger partial charge in [-0.25, -0.2) is 18.4 Å². The van der Waals surface area contributed by atoms with Gasteiger partial charge in [0.05, 0.1) is 0 Å². The van der Waals surface area contributed by atoms with E-state index in [4.69, 9.17) is 5.73 Å². The number of primary amides is 1. The van der Waals surface area contributed by atoms with Crippen molar-refractivity contribution in [3.8, 4) is 0 Å². The van der Waals surface area contributed by atoms with Gasteiger partial charge in [0.1, 0.15) is 10.6 Å². The first-order chi connectivity index (χ1) is 11.4. The number of carbonyl (C=O) groups excluding carboxylic acids is 1. The molecule has 1 aliphatic rings. The molecule has 0 spiro atoms. The highest BCUT2D eigenvalue weighted by molar-refractivity contribution is 7.89. The average Bonchev–Trinajstić information content (AvgIpc) is 2.99. The highest BCUT2D eigenvalue weighted by atomic mass is 32.2. The zero-order valence-corrected chi connectivity index (χ0v) is 14.0. The molecule has 128 valence electrons. The highest BCUT2D eigenvalue weighted by Crippen LogP contribution is 2.21. The predicted molar refractivity (Wildman–Crippen MR) is 86.9 cm³/mol. The molecule has 2 aromatic rings. The van der Waals surface area contributed by atoms with Gasteiger partial charge >= 0.3 is 0 Å². The number of nitrogens with zero attached hydrogens (tertiary/aromatic N) is 5. The van der Waals surface area contributed by atoms with Gasteiger partial charge in [0.25, 0.3) is 5.91 Å². The van der Waals surface area contributed by atoms with E-state index in [-0.39, 0.29) is 10.6 Å². The molecule has 0 unspecified atom stereocenters. The standard InChI is InChI=1S/C14H18N6O3S/c1-18-10-11(9-12(18)13(15)21)24(22,23)20-7-5-19(6-8-20)14-16-3-2-4-17-14/h2-4,9-10H,5-8H2,1H3,(H2,15,21). The molecule has 10 heteroatoms. The summed E-state index contributed by atoms with van der Waals surface area (Å²) in [7, 11) is -2.08. The van der Waals surface area contributed by atoms with Crippen molar-refractivity contribution >= 4 is 21.9 Å². The summed E-state index contributed by atoms with van der Waals surface area (Å²) in [6.45, 7) is 1.64. The number of amides is 1. The topological polar surface area (TPSA) is 114 Å². The number of aromatic nitrogens is 3. The third-order valence-corrected chi connectivity index (χ3v) is 5.81. The Morgan fingerprint density at radius 3 is 2.33 bits per heavy atom. The van der Waals surface area contributed by atoms with Gasteiger partial charge in [-0.05, 0) is 12.1 Å². The number of anilines is 1. The van der Waals surface area contributed by atoms with Crippen LogP contribution in [0.15, 0.2) is 35.6 Å². The molecule has 0 atom stereocenters. The van der Waals surface area contributed by atoms with Gasteiger partial charge < -0.3 is 15.2 Å². The fourth-order valence-corrected chi connectivity index (χ4v) is 4.15. The number of nitrogens with two attached hydrogens (primary N) is 1. The predicted octanol–water partition coefficient (Wildman–Crippen LogP) is -0.575. The van der Waals surface area contributed by atoms with Crippen LogP contribution in [0.4, 0.5) is 5.95 Å². The largest absolute Gasteiger partial charge is 0.364 e. The molecule has 1 amide bonds. The van der Waals surface area contributed by atoms with Crippen LogP contribution in [0.5, 0.6) is 0 Å². The number of rotatable bonds is 4. The fraction of sp³-hybridized carbons (Fsp3) is 0.357. The summed E-state index contributed by atoms with van der Waals surface area (Å²) in [6.07, 6.45) is 4.71. The maximum atomic E-state index is 12.7. The SMILES string of the molecule is Cn1cc(S(=O)(=O)N2CCN(c3ncccn3)CC2)cc1C(N)=O. The number of hydrogen-bond donors (Lipinski definition) is 1. The molecule has 3 rings (SSSR count). The van der Waals surface area contributed by atoms with Crippen LogP contribution in [0, 0.1) is 0 Å². The molecule has 2 aromatic heterocycles. The summed E-state index contributed by atoms with van der Waals surface area (Å²) in [4.78, 5) is 21.7. The first-order valence-corrected chi connectivity index (χ1v) is 8.82. The first-order valence-electron chi connectivity index (χ1n) is 7.38. The number of carbonyl (C=O) groups is 1. The van der Waals surface area contributed by atoms with Crippen molar-refractivity contribution in [1.82, 2.24) is 18.8 Å². The van der Waals surface area contributed by atoms with Crippen LogP contribution in [-0.2, 0) is 17.1 Å². The van der Waals surface area contributed by atoms with Crippen molar-refractivity contribution in [3.05, 3.63) is 36.4 Å². The molecule has 1 aliphatic heterocycles. The average molecular weight is 350 g/mol. The fourth-order valence-electron chi connectivity index (χ4n) is 2.65. The highest BCUT2D eigenvalue weighted by Gasteiger charge is 2.30. The van der Waals surface area contributed by atoms with Gasteiger partial charge in [-0.15, -0.1) is 0 Å². The molecule has 9 nitrogen and oxygen atoms in total. The van der Waals surface area contributed by atoms with Gasteiger partial charge in [-0.1, -0.05) is 0 Å². The van der Waals surface area contributed by atoms with Crippen LogP contribution in [0.1, 0.15) is 10.5 Å². The molecule has 3 heterocycles.